The van der Waals surface area contributed by atoms with Crippen LogP contribution in [0.2, 0.25) is 0 Å². The molecule has 1 aromatic heterocycles. The van der Waals surface area contributed by atoms with Crippen LogP contribution in [-0.4, -0.2) is 39.1 Å². The number of benzene rings is 1. The van der Waals surface area contributed by atoms with Crippen LogP contribution in [0.1, 0.15) is 30.3 Å². The molecule has 4 rings (SSSR count). The van der Waals surface area contributed by atoms with Gasteiger partial charge in [-0.3, -0.25) is 9.98 Å². The average Bonchev–Trinajstić information content (AvgIpc) is 3.12. The smallest absolute Gasteiger partial charge is 0.160 e. The van der Waals surface area contributed by atoms with E-state index >= 15 is 0 Å². The predicted octanol–water partition coefficient (Wildman–Crippen LogP) is 4.15. The van der Waals surface area contributed by atoms with Gasteiger partial charge in [-0.1, -0.05) is 40.7 Å². The van der Waals surface area contributed by atoms with E-state index in [0.29, 0.717) is 11.0 Å². The highest BCUT2D eigenvalue weighted by atomic mass is 79.9. The number of fused-ring (bicyclic) bond motifs is 1. The molecular weight excluding hydrogens is 402 g/mol. The minimum absolute atomic E-state index is 0.0197. The normalized spacial score (nSPS) is 25.0. The fourth-order valence-electron chi connectivity index (χ4n) is 3.40. The van der Waals surface area contributed by atoms with Crippen molar-refractivity contribution in [1.82, 2.24) is 9.88 Å². The monoisotopic (exact) mass is 419 g/mol. The van der Waals surface area contributed by atoms with E-state index in [-0.39, 0.29) is 17.8 Å². The van der Waals surface area contributed by atoms with Crippen LogP contribution >= 0.6 is 27.7 Å². The van der Waals surface area contributed by atoms with E-state index in [4.69, 9.17) is 9.73 Å². The summed E-state index contributed by atoms with van der Waals surface area (Å²) < 4.78 is 6.17. The Morgan fingerprint density at radius 1 is 1.36 bits per heavy atom. The van der Waals surface area contributed by atoms with Gasteiger partial charge in [0.15, 0.2) is 16.7 Å². The van der Waals surface area contributed by atoms with Crippen molar-refractivity contribution in [3.8, 4) is 11.5 Å². The molecule has 1 fully saturated rings. The molecule has 1 saturated heterocycles. The van der Waals surface area contributed by atoms with Gasteiger partial charge in [0.25, 0.3) is 0 Å². The summed E-state index contributed by atoms with van der Waals surface area (Å²) in [5.41, 5.74) is 1.99. The van der Waals surface area contributed by atoms with Gasteiger partial charge in [-0.25, -0.2) is 0 Å². The summed E-state index contributed by atoms with van der Waals surface area (Å²) in [5.74, 6) is 0.585. The lowest BCUT2D eigenvalue weighted by atomic mass is 9.96. The maximum Gasteiger partial charge on any atom is 0.160 e. The molecule has 7 heteroatoms. The highest BCUT2D eigenvalue weighted by Gasteiger charge is 2.44. The molecule has 1 aromatic carbocycles. The Morgan fingerprint density at radius 3 is 2.92 bits per heavy atom. The standard InChI is InChI=1S/C18H18BrN3O2S/c1-10-9-22-17(11-7-15(24-2)14(23)8-12(11)19)16(21-18(22)25-10)13-5-3-4-6-20-13/h3-8,10,16-17,23H,9H2,1-2H3. The molecule has 0 spiro atoms. The van der Waals surface area contributed by atoms with Crippen molar-refractivity contribution in [3.05, 3.63) is 52.3 Å². The van der Waals surface area contributed by atoms with Crippen LogP contribution in [0.25, 0.3) is 0 Å². The molecule has 0 bridgehead atoms. The molecule has 3 unspecified atom stereocenters. The molecule has 3 atom stereocenters. The Labute approximate surface area is 159 Å². The van der Waals surface area contributed by atoms with E-state index in [1.165, 1.54) is 0 Å². The molecular formula is C18H18BrN3O2S. The zero-order valence-electron chi connectivity index (χ0n) is 13.9. The molecule has 130 valence electrons. The number of aromatic nitrogens is 1. The molecule has 1 N–H and O–H groups in total. The first-order valence-corrected chi connectivity index (χ1v) is 9.74. The van der Waals surface area contributed by atoms with E-state index < -0.39 is 0 Å². The maximum atomic E-state index is 10.1. The molecule has 5 nitrogen and oxygen atoms in total. The summed E-state index contributed by atoms with van der Waals surface area (Å²) in [6, 6.07) is 9.45. The van der Waals surface area contributed by atoms with Gasteiger partial charge in [-0.2, -0.15) is 0 Å². The number of aliphatic imine (C=N–C) groups is 1. The van der Waals surface area contributed by atoms with Crippen LogP contribution in [0.15, 0.2) is 46.0 Å². The lowest BCUT2D eigenvalue weighted by Crippen LogP contribution is -2.28. The molecule has 0 aliphatic carbocycles. The Bertz CT molecular complexity index is 831. The van der Waals surface area contributed by atoms with Crippen molar-refractivity contribution < 1.29 is 9.84 Å². The third-order valence-electron chi connectivity index (χ3n) is 4.50. The summed E-state index contributed by atoms with van der Waals surface area (Å²) in [7, 11) is 1.56. The summed E-state index contributed by atoms with van der Waals surface area (Å²) in [4.78, 5) is 11.8. The van der Waals surface area contributed by atoms with Crippen molar-refractivity contribution in [2.45, 2.75) is 24.3 Å². The Morgan fingerprint density at radius 2 is 2.20 bits per heavy atom. The first-order valence-electron chi connectivity index (χ1n) is 8.07. The highest BCUT2D eigenvalue weighted by molar-refractivity contribution is 9.10. The second-order valence-corrected chi connectivity index (χ2v) is 8.44. The number of amidine groups is 1. The maximum absolute atomic E-state index is 10.1. The van der Waals surface area contributed by atoms with Crippen molar-refractivity contribution in [2.75, 3.05) is 13.7 Å². The molecule has 2 aliphatic heterocycles. The van der Waals surface area contributed by atoms with Crippen LogP contribution in [0.5, 0.6) is 11.5 Å². The predicted molar refractivity (Wildman–Crippen MR) is 103 cm³/mol. The largest absolute Gasteiger partial charge is 0.504 e. The van der Waals surface area contributed by atoms with E-state index in [1.807, 2.05) is 24.3 Å². The van der Waals surface area contributed by atoms with Gasteiger partial charge < -0.3 is 14.7 Å². The lowest BCUT2D eigenvalue weighted by Gasteiger charge is -2.28. The van der Waals surface area contributed by atoms with Gasteiger partial charge in [-0.15, -0.1) is 0 Å². The van der Waals surface area contributed by atoms with Crippen LogP contribution in [0, 0.1) is 0 Å². The van der Waals surface area contributed by atoms with Gasteiger partial charge in [-0.05, 0) is 29.8 Å². The second-order valence-electron chi connectivity index (χ2n) is 6.18. The third kappa shape index (κ3) is 2.89. The fourth-order valence-corrected chi connectivity index (χ4v) is 5.06. The Hall–Kier alpha value is -1.73. The van der Waals surface area contributed by atoms with Crippen molar-refractivity contribution >= 4 is 32.9 Å². The number of hydrogen-bond acceptors (Lipinski definition) is 6. The first-order chi connectivity index (χ1) is 12.1. The number of phenolic OH excluding ortho intramolecular Hbond substituents is 1. The second kappa shape index (κ2) is 6.53. The molecule has 2 aromatic rings. The number of rotatable bonds is 3. The zero-order valence-corrected chi connectivity index (χ0v) is 16.3. The quantitative estimate of drug-likeness (QED) is 0.809. The highest BCUT2D eigenvalue weighted by Crippen LogP contribution is 2.50. The van der Waals surface area contributed by atoms with Gasteiger partial charge in [0.05, 0.1) is 18.8 Å². The summed E-state index contributed by atoms with van der Waals surface area (Å²) in [6.45, 7) is 3.15. The number of nitrogens with zero attached hydrogens (tertiary/aromatic N) is 3. The number of methoxy groups -OCH3 is 1. The number of ether oxygens (including phenoxy) is 1. The number of aromatic hydroxyl groups is 1. The lowest BCUT2D eigenvalue weighted by molar-refractivity contribution is 0.317. The van der Waals surface area contributed by atoms with Crippen LogP contribution in [0.4, 0.5) is 0 Å². The van der Waals surface area contributed by atoms with E-state index in [1.54, 1.807) is 31.1 Å². The third-order valence-corrected chi connectivity index (χ3v) is 6.29. The minimum Gasteiger partial charge on any atom is -0.504 e. The van der Waals surface area contributed by atoms with Crippen molar-refractivity contribution in [3.63, 3.8) is 0 Å². The van der Waals surface area contributed by atoms with E-state index in [0.717, 1.165) is 27.4 Å². The summed E-state index contributed by atoms with van der Waals surface area (Å²) in [6.07, 6.45) is 1.80. The van der Waals surface area contributed by atoms with Gasteiger partial charge in [0.2, 0.25) is 0 Å². The van der Waals surface area contributed by atoms with Crippen LogP contribution in [-0.2, 0) is 0 Å². The van der Waals surface area contributed by atoms with Gasteiger partial charge >= 0.3 is 0 Å². The topological polar surface area (TPSA) is 58.0 Å². The number of hydrogen-bond donors (Lipinski definition) is 1. The zero-order chi connectivity index (χ0) is 17.6. The average molecular weight is 420 g/mol. The van der Waals surface area contributed by atoms with Gasteiger partial charge in [0.1, 0.15) is 6.04 Å². The van der Waals surface area contributed by atoms with Crippen LogP contribution < -0.4 is 4.74 Å². The number of thioether (sulfide) groups is 1. The molecule has 2 aliphatic rings. The molecule has 3 heterocycles. The number of phenols is 1. The summed E-state index contributed by atoms with van der Waals surface area (Å²) in [5, 5.41) is 11.6. The van der Waals surface area contributed by atoms with Crippen molar-refractivity contribution in [1.29, 1.82) is 0 Å². The van der Waals surface area contributed by atoms with Crippen molar-refractivity contribution in [2.24, 2.45) is 4.99 Å². The molecule has 0 radical (unpaired) electrons. The minimum atomic E-state index is -0.0817. The molecule has 0 saturated carbocycles. The van der Waals surface area contributed by atoms with Gasteiger partial charge in [0, 0.05) is 22.5 Å². The SMILES string of the molecule is COc1cc(C2C(c3ccccn3)N=C3SC(C)CN32)c(Br)cc1O. The number of pyridine rings is 1. The Balaban J connectivity index is 1.83. The fraction of sp³-hybridized carbons (Fsp3) is 0.333. The van der Waals surface area contributed by atoms with Crippen LogP contribution in [0.3, 0.4) is 0 Å². The molecule has 25 heavy (non-hydrogen) atoms. The first kappa shape index (κ1) is 16.7. The Kier molecular flexibility index (Phi) is 4.37. The number of halogens is 1. The molecule has 0 amide bonds. The summed E-state index contributed by atoms with van der Waals surface area (Å²) >= 11 is 5.42. The van der Waals surface area contributed by atoms with E-state index in [9.17, 15) is 5.11 Å². The van der Waals surface area contributed by atoms with E-state index in [2.05, 4.69) is 32.7 Å².